The second-order valence-corrected chi connectivity index (χ2v) is 4.29. The Morgan fingerprint density at radius 1 is 1.20 bits per heavy atom. The molecule has 0 bridgehead atoms. The summed E-state index contributed by atoms with van der Waals surface area (Å²) in [6.45, 7) is 5.07. The molecule has 0 aliphatic rings. The third kappa shape index (κ3) is 6.68. The summed E-state index contributed by atoms with van der Waals surface area (Å²) >= 11 is 3.49. The molecule has 0 heterocycles. The lowest BCUT2D eigenvalue weighted by Gasteiger charge is -2.10. The van der Waals surface area contributed by atoms with Gasteiger partial charge in [0.2, 0.25) is 0 Å². The first-order chi connectivity index (χ1) is 6.20. The summed E-state index contributed by atoms with van der Waals surface area (Å²) in [5, 5.41) is 0. The van der Waals surface area contributed by atoms with Crippen molar-refractivity contribution in [1.29, 1.82) is 0 Å². The van der Waals surface area contributed by atoms with Crippen LogP contribution in [0.1, 0.15) is 13.8 Å². The van der Waals surface area contributed by atoms with Crippen molar-refractivity contribution in [1.82, 2.24) is 0 Å². The maximum Gasteiger partial charge on any atom is 0.405 e. The lowest BCUT2D eigenvalue weighted by atomic mass is 9.87. The molecule has 1 aromatic carbocycles. The van der Waals surface area contributed by atoms with Gasteiger partial charge in [-0.25, -0.2) is 0 Å². The molecule has 86 valence electrons. The predicted octanol–water partition coefficient (Wildman–Crippen LogP) is 0.800. The summed E-state index contributed by atoms with van der Waals surface area (Å²) in [7, 11) is 0. The maximum atomic E-state index is 5.61. The molecule has 0 spiro atoms. The van der Waals surface area contributed by atoms with E-state index in [4.69, 9.17) is 4.65 Å². The van der Waals surface area contributed by atoms with Gasteiger partial charge in [-0.3, -0.25) is 0 Å². The SMILES string of the molecule is CC(C)COB(Br)c1ccccc1.O.O. The van der Waals surface area contributed by atoms with Crippen molar-refractivity contribution in [3.05, 3.63) is 30.3 Å². The largest absolute Gasteiger partial charge is 0.421 e. The average Bonchev–Trinajstić information content (AvgIpc) is 2.15. The van der Waals surface area contributed by atoms with Gasteiger partial charge in [-0.2, -0.15) is 0 Å². The fourth-order valence-corrected chi connectivity index (χ4v) is 1.44. The molecule has 1 aromatic rings. The molecule has 1 rings (SSSR count). The minimum atomic E-state index is 0. The molecule has 0 saturated heterocycles. The van der Waals surface area contributed by atoms with E-state index in [0.717, 1.165) is 6.61 Å². The zero-order valence-electron chi connectivity index (χ0n) is 9.03. The molecule has 5 heteroatoms. The molecule has 0 aromatic heterocycles. The van der Waals surface area contributed by atoms with Crippen LogP contribution in [0, 0.1) is 5.92 Å². The van der Waals surface area contributed by atoms with Crippen LogP contribution in [0.3, 0.4) is 0 Å². The normalized spacial score (nSPS) is 9.07. The van der Waals surface area contributed by atoms with Crippen LogP contribution in [0.5, 0.6) is 0 Å². The topological polar surface area (TPSA) is 72.2 Å². The van der Waals surface area contributed by atoms with Crippen LogP contribution in [0.15, 0.2) is 30.3 Å². The van der Waals surface area contributed by atoms with Crippen molar-refractivity contribution in [3.8, 4) is 0 Å². The van der Waals surface area contributed by atoms with Gasteiger partial charge in [-0.15, -0.1) is 15.8 Å². The van der Waals surface area contributed by atoms with Crippen LogP contribution in [-0.2, 0) is 4.65 Å². The van der Waals surface area contributed by atoms with Crippen LogP contribution in [0.4, 0.5) is 0 Å². The third-order valence-electron chi connectivity index (χ3n) is 1.64. The molecule has 0 aliphatic carbocycles. The van der Waals surface area contributed by atoms with Crippen molar-refractivity contribution in [2.45, 2.75) is 13.8 Å². The van der Waals surface area contributed by atoms with Gasteiger partial charge < -0.3 is 15.6 Å². The predicted molar refractivity (Wildman–Crippen MR) is 68.8 cm³/mol. The molecule has 0 fully saturated rings. The van der Waals surface area contributed by atoms with Crippen molar-refractivity contribution in [2.24, 2.45) is 5.92 Å². The van der Waals surface area contributed by atoms with Crippen LogP contribution in [0.2, 0.25) is 0 Å². The van der Waals surface area contributed by atoms with Crippen molar-refractivity contribution >= 4 is 27.0 Å². The number of halogens is 1. The van der Waals surface area contributed by atoms with Gasteiger partial charge in [0.1, 0.15) is 0 Å². The highest BCUT2D eigenvalue weighted by Crippen LogP contribution is 2.01. The van der Waals surface area contributed by atoms with Gasteiger partial charge >= 0.3 is 5.74 Å². The second kappa shape index (κ2) is 8.91. The Morgan fingerprint density at radius 2 is 1.73 bits per heavy atom. The Balaban J connectivity index is 0. The molecule has 0 saturated carbocycles. The van der Waals surface area contributed by atoms with Gasteiger partial charge in [0.05, 0.1) is 0 Å². The van der Waals surface area contributed by atoms with Crippen molar-refractivity contribution < 1.29 is 15.6 Å². The maximum absolute atomic E-state index is 5.61. The van der Waals surface area contributed by atoms with E-state index >= 15 is 0 Å². The monoisotopic (exact) mass is 276 g/mol. The molecule has 0 radical (unpaired) electrons. The lowest BCUT2D eigenvalue weighted by molar-refractivity contribution is 0.286. The van der Waals surface area contributed by atoms with Gasteiger partial charge in [-0.1, -0.05) is 44.2 Å². The molecular formula is C10H18BBrO3. The van der Waals surface area contributed by atoms with Crippen LogP contribution >= 0.6 is 15.8 Å². The van der Waals surface area contributed by atoms with Gasteiger partial charge in [0, 0.05) is 6.61 Å². The van der Waals surface area contributed by atoms with Crippen LogP contribution in [-0.4, -0.2) is 23.3 Å². The van der Waals surface area contributed by atoms with Gasteiger partial charge in [0.25, 0.3) is 0 Å². The first-order valence-electron chi connectivity index (χ1n) is 4.50. The van der Waals surface area contributed by atoms with E-state index in [1.54, 1.807) is 0 Å². The number of hydrogen-bond acceptors (Lipinski definition) is 1. The molecule has 0 unspecified atom stereocenters. The summed E-state index contributed by atoms with van der Waals surface area (Å²) in [6.07, 6.45) is 0. The number of rotatable bonds is 4. The summed E-state index contributed by atoms with van der Waals surface area (Å²) in [6, 6.07) is 10.1. The van der Waals surface area contributed by atoms with E-state index in [-0.39, 0.29) is 16.7 Å². The van der Waals surface area contributed by atoms with E-state index < -0.39 is 0 Å². The van der Waals surface area contributed by atoms with Crippen LogP contribution in [0.25, 0.3) is 0 Å². The summed E-state index contributed by atoms with van der Waals surface area (Å²) < 4.78 is 5.61. The lowest BCUT2D eigenvalue weighted by Crippen LogP contribution is -2.28. The summed E-state index contributed by atoms with van der Waals surface area (Å²) in [4.78, 5) is 0. The second-order valence-electron chi connectivity index (χ2n) is 3.45. The zero-order valence-corrected chi connectivity index (χ0v) is 10.6. The highest BCUT2D eigenvalue weighted by molar-refractivity contribution is 9.24. The Bertz CT molecular complexity index is 244. The van der Waals surface area contributed by atoms with Crippen LogP contribution < -0.4 is 5.46 Å². The Morgan fingerprint density at radius 3 is 2.20 bits per heavy atom. The third-order valence-corrected chi connectivity index (χ3v) is 2.43. The van der Waals surface area contributed by atoms with E-state index in [0.29, 0.717) is 5.92 Å². The smallest absolute Gasteiger partial charge is 0.405 e. The fourth-order valence-electron chi connectivity index (χ4n) is 0.978. The first-order valence-corrected chi connectivity index (χ1v) is 5.42. The summed E-state index contributed by atoms with van der Waals surface area (Å²) in [5.41, 5.74) is 1.19. The first kappa shape index (κ1) is 17.1. The highest BCUT2D eigenvalue weighted by atomic mass is 79.9. The summed E-state index contributed by atoms with van der Waals surface area (Å²) in [5.74, 6) is 0.573. The molecule has 0 amide bonds. The fraction of sp³-hybridized carbons (Fsp3) is 0.400. The Labute approximate surface area is 99.5 Å². The minimum Gasteiger partial charge on any atom is -0.421 e. The van der Waals surface area contributed by atoms with E-state index in [1.165, 1.54) is 5.46 Å². The number of hydrogen-bond donors (Lipinski definition) is 0. The van der Waals surface area contributed by atoms with E-state index in [2.05, 4.69) is 41.7 Å². The van der Waals surface area contributed by atoms with E-state index in [9.17, 15) is 0 Å². The minimum absolute atomic E-state index is 0. The molecule has 0 aliphatic heterocycles. The zero-order chi connectivity index (χ0) is 9.68. The molecule has 3 nitrogen and oxygen atoms in total. The molecule has 15 heavy (non-hydrogen) atoms. The number of benzene rings is 1. The Kier molecular flexibility index (Phi) is 10.1. The van der Waals surface area contributed by atoms with Gasteiger partial charge in [0.15, 0.2) is 0 Å². The molecule has 0 atom stereocenters. The highest BCUT2D eigenvalue weighted by Gasteiger charge is 2.13. The van der Waals surface area contributed by atoms with E-state index in [1.807, 2.05) is 18.2 Å². The standard InChI is InChI=1S/C10H14BBrO.2H2O/c1-9(2)8-13-11(12)10-6-4-3-5-7-10;;/h3-7,9H,8H2,1-2H3;2*1H2. The molecule has 4 N–H and O–H groups in total. The van der Waals surface area contributed by atoms with Crippen molar-refractivity contribution in [3.63, 3.8) is 0 Å². The van der Waals surface area contributed by atoms with Crippen molar-refractivity contribution in [2.75, 3.05) is 6.61 Å². The quantitative estimate of drug-likeness (QED) is 0.750. The molecular weight excluding hydrogens is 259 g/mol. The average molecular weight is 277 g/mol. The van der Waals surface area contributed by atoms with Gasteiger partial charge in [-0.05, 0) is 11.4 Å². The Hall–Kier alpha value is -0.355.